The molecular weight excluding hydrogens is 262 g/mol. The summed E-state index contributed by atoms with van der Waals surface area (Å²) < 4.78 is 4.34. The van der Waals surface area contributed by atoms with E-state index in [1.54, 1.807) is 0 Å². The summed E-state index contributed by atoms with van der Waals surface area (Å²) in [5, 5.41) is 9.81. The highest BCUT2D eigenvalue weighted by atomic mass is 32.1. The van der Waals surface area contributed by atoms with Gasteiger partial charge in [0, 0.05) is 30.2 Å². The van der Waals surface area contributed by atoms with Crippen molar-refractivity contribution in [3.8, 4) is 11.4 Å². The Kier molecular flexibility index (Phi) is 3.16. The highest BCUT2D eigenvalue weighted by molar-refractivity contribution is 7.09. The smallest absolute Gasteiger partial charge is 0.308 e. The second kappa shape index (κ2) is 4.97. The maximum Gasteiger partial charge on any atom is 0.308 e. The van der Waals surface area contributed by atoms with Gasteiger partial charge in [0.05, 0.1) is 5.92 Å². The van der Waals surface area contributed by atoms with Crippen molar-refractivity contribution in [2.75, 3.05) is 18.0 Å². The second-order valence-corrected chi connectivity index (χ2v) is 5.27. The van der Waals surface area contributed by atoms with Crippen molar-refractivity contribution < 1.29 is 9.90 Å². The Morgan fingerprint density at radius 3 is 2.84 bits per heavy atom. The van der Waals surface area contributed by atoms with E-state index in [4.69, 9.17) is 5.11 Å². The third-order valence-electron chi connectivity index (χ3n) is 3.26. The van der Waals surface area contributed by atoms with Crippen molar-refractivity contribution in [2.45, 2.75) is 6.42 Å². The first-order chi connectivity index (χ1) is 9.24. The highest BCUT2D eigenvalue weighted by Crippen LogP contribution is 2.28. The first-order valence-electron chi connectivity index (χ1n) is 6.11. The van der Waals surface area contributed by atoms with Gasteiger partial charge in [0.2, 0.25) is 5.13 Å². The zero-order chi connectivity index (χ0) is 13.2. The molecule has 0 bridgehead atoms. The number of nitrogens with zero attached hydrogens (tertiary/aromatic N) is 3. The Bertz CT molecular complexity index is 585. The van der Waals surface area contributed by atoms with Crippen LogP contribution in [-0.4, -0.2) is 33.5 Å². The molecule has 6 heteroatoms. The van der Waals surface area contributed by atoms with Gasteiger partial charge in [0.1, 0.15) is 0 Å². The number of benzene rings is 1. The Morgan fingerprint density at radius 2 is 2.16 bits per heavy atom. The molecule has 0 amide bonds. The Balaban J connectivity index is 1.78. The third-order valence-corrected chi connectivity index (χ3v) is 4.03. The molecule has 0 aliphatic carbocycles. The fraction of sp³-hybridized carbons (Fsp3) is 0.308. The van der Waals surface area contributed by atoms with Gasteiger partial charge in [-0.1, -0.05) is 30.3 Å². The molecule has 1 aromatic carbocycles. The minimum Gasteiger partial charge on any atom is -0.481 e. The van der Waals surface area contributed by atoms with Crippen molar-refractivity contribution in [1.29, 1.82) is 0 Å². The summed E-state index contributed by atoms with van der Waals surface area (Å²) in [6.45, 7) is 1.26. The Morgan fingerprint density at radius 1 is 1.37 bits per heavy atom. The van der Waals surface area contributed by atoms with Gasteiger partial charge >= 0.3 is 5.97 Å². The predicted octanol–water partition coefficient (Wildman–Crippen LogP) is 2.12. The highest BCUT2D eigenvalue weighted by Gasteiger charge is 2.29. The van der Waals surface area contributed by atoms with E-state index in [-0.39, 0.29) is 5.92 Å². The van der Waals surface area contributed by atoms with Crippen LogP contribution < -0.4 is 4.90 Å². The molecule has 5 nitrogen and oxygen atoms in total. The molecular formula is C13H13N3O2S. The zero-order valence-electron chi connectivity index (χ0n) is 10.2. The largest absolute Gasteiger partial charge is 0.481 e. The van der Waals surface area contributed by atoms with E-state index in [9.17, 15) is 4.79 Å². The average molecular weight is 275 g/mol. The number of aromatic nitrogens is 2. The van der Waals surface area contributed by atoms with Crippen LogP contribution in [0.5, 0.6) is 0 Å². The Labute approximate surface area is 114 Å². The summed E-state index contributed by atoms with van der Waals surface area (Å²) in [5.41, 5.74) is 0.985. The summed E-state index contributed by atoms with van der Waals surface area (Å²) in [7, 11) is 0. The number of hydrogen-bond donors (Lipinski definition) is 1. The molecule has 1 unspecified atom stereocenters. The molecule has 0 spiro atoms. The number of carboxylic acids is 1. The van der Waals surface area contributed by atoms with Gasteiger partial charge in [0.15, 0.2) is 5.82 Å². The van der Waals surface area contributed by atoms with E-state index >= 15 is 0 Å². The van der Waals surface area contributed by atoms with Gasteiger partial charge in [-0.2, -0.15) is 9.36 Å². The topological polar surface area (TPSA) is 66.3 Å². The predicted molar refractivity (Wildman–Crippen MR) is 73.3 cm³/mol. The van der Waals surface area contributed by atoms with Crippen LogP contribution in [0.25, 0.3) is 11.4 Å². The summed E-state index contributed by atoms with van der Waals surface area (Å²) in [4.78, 5) is 17.4. The van der Waals surface area contributed by atoms with Gasteiger partial charge in [-0.05, 0) is 6.42 Å². The Hall–Kier alpha value is -1.95. The number of carboxylic acid groups (broad SMARTS) is 1. The first-order valence-corrected chi connectivity index (χ1v) is 6.88. The third kappa shape index (κ3) is 2.44. The van der Waals surface area contributed by atoms with E-state index in [0.717, 1.165) is 17.2 Å². The van der Waals surface area contributed by atoms with Crippen molar-refractivity contribution in [2.24, 2.45) is 5.92 Å². The van der Waals surface area contributed by atoms with Gasteiger partial charge in [-0.15, -0.1) is 0 Å². The van der Waals surface area contributed by atoms with Crippen molar-refractivity contribution in [3.63, 3.8) is 0 Å². The molecule has 2 aromatic rings. The van der Waals surface area contributed by atoms with Crippen LogP contribution in [0.15, 0.2) is 30.3 Å². The lowest BCUT2D eigenvalue weighted by atomic mass is 10.1. The molecule has 0 radical (unpaired) electrons. The minimum atomic E-state index is -0.727. The van der Waals surface area contributed by atoms with Crippen LogP contribution in [0, 0.1) is 5.92 Å². The van der Waals surface area contributed by atoms with Crippen LogP contribution in [-0.2, 0) is 4.79 Å². The van der Waals surface area contributed by atoms with Crippen molar-refractivity contribution >= 4 is 22.6 Å². The minimum absolute atomic E-state index is 0.288. The fourth-order valence-corrected chi connectivity index (χ4v) is 2.91. The van der Waals surface area contributed by atoms with Crippen LogP contribution in [0.1, 0.15) is 6.42 Å². The molecule has 19 heavy (non-hydrogen) atoms. The number of aliphatic carboxylic acids is 1. The normalized spacial score (nSPS) is 18.7. The van der Waals surface area contributed by atoms with Gasteiger partial charge in [0.25, 0.3) is 0 Å². The lowest BCUT2D eigenvalue weighted by Crippen LogP contribution is -2.22. The number of carbonyl (C=O) groups is 1. The zero-order valence-corrected chi connectivity index (χ0v) is 11.0. The fourth-order valence-electron chi connectivity index (χ4n) is 2.18. The SMILES string of the molecule is O=C(O)C1CCN(c2nc(-c3ccccc3)ns2)C1. The van der Waals surface area contributed by atoms with Crippen molar-refractivity contribution in [1.82, 2.24) is 9.36 Å². The molecule has 1 fully saturated rings. The molecule has 3 rings (SSSR count). The van der Waals surface area contributed by atoms with E-state index < -0.39 is 5.97 Å². The maximum absolute atomic E-state index is 10.9. The second-order valence-electron chi connectivity index (χ2n) is 4.54. The standard InChI is InChI=1S/C13H13N3O2S/c17-12(18)10-6-7-16(8-10)13-14-11(15-19-13)9-4-2-1-3-5-9/h1-5,10H,6-8H2,(H,17,18). The summed E-state index contributed by atoms with van der Waals surface area (Å²) in [6, 6.07) is 9.79. The van der Waals surface area contributed by atoms with Crippen LogP contribution in [0.3, 0.4) is 0 Å². The van der Waals surface area contributed by atoms with Gasteiger partial charge < -0.3 is 10.0 Å². The number of rotatable bonds is 3. The molecule has 1 aliphatic heterocycles. The summed E-state index contributed by atoms with van der Waals surface area (Å²) in [6.07, 6.45) is 0.676. The molecule has 2 heterocycles. The quantitative estimate of drug-likeness (QED) is 0.929. The van der Waals surface area contributed by atoms with Gasteiger partial charge in [-0.25, -0.2) is 0 Å². The molecule has 1 atom stereocenters. The molecule has 1 aromatic heterocycles. The lowest BCUT2D eigenvalue weighted by molar-refractivity contribution is -0.140. The maximum atomic E-state index is 10.9. The average Bonchev–Trinajstić information content (AvgIpc) is 3.09. The lowest BCUT2D eigenvalue weighted by Gasteiger charge is -2.12. The van der Waals surface area contributed by atoms with Crippen LogP contribution in [0.2, 0.25) is 0 Å². The van der Waals surface area contributed by atoms with Crippen LogP contribution in [0.4, 0.5) is 5.13 Å². The first kappa shape index (κ1) is 12.1. The molecule has 1 aliphatic rings. The number of anilines is 1. The number of hydrogen-bond acceptors (Lipinski definition) is 5. The summed E-state index contributed by atoms with van der Waals surface area (Å²) >= 11 is 1.33. The molecule has 0 saturated carbocycles. The summed E-state index contributed by atoms with van der Waals surface area (Å²) in [5.74, 6) is -0.307. The molecule has 1 N–H and O–H groups in total. The van der Waals surface area contributed by atoms with E-state index in [0.29, 0.717) is 18.8 Å². The van der Waals surface area contributed by atoms with E-state index in [1.165, 1.54) is 11.5 Å². The molecule has 1 saturated heterocycles. The van der Waals surface area contributed by atoms with Crippen LogP contribution >= 0.6 is 11.5 Å². The van der Waals surface area contributed by atoms with Gasteiger partial charge in [-0.3, -0.25) is 4.79 Å². The van der Waals surface area contributed by atoms with E-state index in [2.05, 4.69) is 9.36 Å². The van der Waals surface area contributed by atoms with Crippen molar-refractivity contribution in [3.05, 3.63) is 30.3 Å². The monoisotopic (exact) mass is 275 g/mol. The molecule has 98 valence electrons. The van der Waals surface area contributed by atoms with E-state index in [1.807, 2.05) is 35.2 Å².